The number of aromatic nitrogens is 2. The Bertz CT molecular complexity index is 1170. The van der Waals surface area contributed by atoms with E-state index in [0.29, 0.717) is 11.1 Å². The Morgan fingerprint density at radius 2 is 1.83 bits per heavy atom. The lowest BCUT2D eigenvalue weighted by Gasteiger charge is -2.25. The third-order valence-corrected chi connectivity index (χ3v) is 6.07. The van der Waals surface area contributed by atoms with Crippen LogP contribution < -0.4 is 5.14 Å². The molecule has 0 saturated carbocycles. The molecular weight excluding hydrogens is 388 g/mol. The zero-order chi connectivity index (χ0) is 21.3. The van der Waals surface area contributed by atoms with Gasteiger partial charge in [0.05, 0.1) is 34.1 Å². The average molecular weight is 413 g/mol. The molecule has 0 saturated heterocycles. The molecule has 0 aliphatic heterocycles. The first-order chi connectivity index (χ1) is 13.6. The monoisotopic (exact) mass is 412 g/mol. The Balaban J connectivity index is 1.91. The van der Waals surface area contributed by atoms with Gasteiger partial charge in [-0.05, 0) is 50.1 Å². The van der Waals surface area contributed by atoms with E-state index in [1.807, 2.05) is 45.0 Å². The summed E-state index contributed by atoms with van der Waals surface area (Å²) in [6.07, 6.45) is 1.56. The second-order valence-corrected chi connectivity index (χ2v) is 8.61. The van der Waals surface area contributed by atoms with E-state index in [2.05, 4.69) is 5.10 Å². The highest BCUT2D eigenvalue weighted by Crippen LogP contribution is 2.25. The zero-order valence-electron chi connectivity index (χ0n) is 16.8. The second-order valence-electron chi connectivity index (χ2n) is 7.05. The van der Waals surface area contributed by atoms with Gasteiger partial charge in [0.25, 0.3) is 5.91 Å². The quantitative estimate of drug-likeness (QED) is 0.696. The van der Waals surface area contributed by atoms with Crippen molar-refractivity contribution in [3.63, 3.8) is 0 Å². The molecule has 1 unspecified atom stereocenters. The molecule has 3 rings (SSSR count). The Hall–Kier alpha value is -2.97. The molecular formula is C21H24N4O3S. The molecule has 7 nitrogen and oxygen atoms in total. The number of hydrogen-bond donors (Lipinski definition) is 1. The number of nitrogens with two attached hydrogens (primary N) is 1. The van der Waals surface area contributed by atoms with Crippen LogP contribution in [0.3, 0.4) is 0 Å². The molecule has 8 heteroatoms. The fourth-order valence-corrected chi connectivity index (χ4v) is 3.77. The summed E-state index contributed by atoms with van der Waals surface area (Å²) in [5.41, 5.74) is 3.88. The van der Waals surface area contributed by atoms with E-state index >= 15 is 0 Å². The van der Waals surface area contributed by atoms with E-state index in [1.165, 1.54) is 12.1 Å². The highest BCUT2D eigenvalue weighted by atomic mass is 32.2. The fourth-order valence-electron chi connectivity index (χ4n) is 3.20. The molecule has 0 aliphatic carbocycles. The van der Waals surface area contributed by atoms with Crippen LogP contribution in [0.15, 0.2) is 59.6 Å². The summed E-state index contributed by atoms with van der Waals surface area (Å²) in [6.45, 7) is 5.68. The van der Waals surface area contributed by atoms with Crippen molar-refractivity contribution in [2.45, 2.75) is 31.7 Å². The van der Waals surface area contributed by atoms with E-state index < -0.39 is 10.0 Å². The smallest absolute Gasteiger partial charge is 0.257 e. The topological polar surface area (TPSA) is 98.3 Å². The number of rotatable bonds is 5. The summed E-state index contributed by atoms with van der Waals surface area (Å²) < 4.78 is 25.0. The van der Waals surface area contributed by atoms with Gasteiger partial charge >= 0.3 is 0 Å². The second kappa shape index (κ2) is 7.81. The van der Waals surface area contributed by atoms with Gasteiger partial charge in [0.15, 0.2) is 0 Å². The lowest BCUT2D eigenvalue weighted by atomic mass is 10.1. The molecule has 1 heterocycles. The largest absolute Gasteiger partial charge is 0.335 e. The third kappa shape index (κ3) is 4.08. The van der Waals surface area contributed by atoms with E-state index in [1.54, 1.807) is 35.0 Å². The summed E-state index contributed by atoms with van der Waals surface area (Å²) in [6, 6.07) is 13.8. The van der Waals surface area contributed by atoms with Crippen molar-refractivity contribution in [3.05, 3.63) is 77.1 Å². The molecule has 0 fully saturated rings. The number of sulfonamides is 1. The standard InChI is InChI=1S/C21H24N4O3S/c1-14-8-5-6-11-20(14)25-16(3)19(13-23-25)21(26)24(4)15(2)17-9-7-10-18(12-17)29(22,27)28/h5-13,15H,1-4H3,(H2,22,27,28). The molecule has 2 N–H and O–H groups in total. The molecule has 152 valence electrons. The van der Waals surface area contributed by atoms with Gasteiger partial charge in [-0.3, -0.25) is 4.79 Å². The Morgan fingerprint density at radius 1 is 1.14 bits per heavy atom. The van der Waals surface area contributed by atoms with Gasteiger partial charge in [-0.1, -0.05) is 30.3 Å². The van der Waals surface area contributed by atoms with Crippen LogP contribution in [0.1, 0.15) is 40.1 Å². The maximum absolute atomic E-state index is 13.1. The molecule has 29 heavy (non-hydrogen) atoms. The van der Waals surface area contributed by atoms with Crippen LogP contribution in [-0.2, 0) is 10.0 Å². The van der Waals surface area contributed by atoms with Crippen LogP contribution >= 0.6 is 0 Å². The van der Waals surface area contributed by atoms with Crippen molar-refractivity contribution in [2.75, 3.05) is 7.05 Å². The van der Waals surface area contributed by atoms with Crippen molar-refractivity contribution in [1.82, 2.24) is 14.7 Å². The SMILES string of the molecule is Cc1ccccc1-n1ncc(C(=O)N(C)C(C)c2cccc(S(N)(=O)=O)c2)c1C. The minimum absolute atomic E-state index is 0.0197. The molecule has 0 spiro atoms. The predicted octanol–water partition coefficient (Wildman–Crippen LogP) is 2.97. The van der Waals surface area contributed by atoms with Gasteiger partial charge in [-0.2, -0.15) is 5.10 Å². The number of para-hydroxylation sites is 1. The third-order valence-electron chi connectivity index (χ3n) is 5.15. The minimum Gasteiger partial charge on any atom is -0.335 e. The lowest BCUT2D eigenvalue weighted by Crippen LogP contribution is -2.30. The number of benzene rings is 2. The number of nitrogens with zero attached hydrogens (tertiary/aromatic N) is 3. The zero-order valence-corrected chi connectivity index (χ0v) is 17.6. The summed E-state index contributed by atoms with van der Waals surface area (Å²) >= 11 is 0. The maximum atomic E-state index is 13.1. The van der Waals surface area contributed by atoms with Crippen LogP contribution in [-0.4, -0.2) is 36.1 Å². The average Bonchev–Trinajstić information content (AvgIpc) is 3.07. The van der Waals surface area contributed by atoms with Gasteiger partial charge in [-0.25, -0.2) is 18.2 Å². The highest BCUT2D eigenvalue weighted by Gasteiger charge is 2.24. The lowest BCUT2D eigenvalue weighted by molar-refractivity contribution is 0.0741. The van der Waals surface area contributed by atoms with Crippen LogP contribution in [0, 0.1) is 13.8 Å². The predicted molar refractivity (Wildman–Crippen MR) is 111 cm³/mol. The first kappa shape index (κ1) is 20.8. The van der Waals surface area contributed by atoms with Gasteiger partial charge in [0, 0.05) is 7.05 Å². The number of primary sulfonamides is 1. The molecule has 1 atom stereocenters. The van der Waals surface area contributed by atoms with E-state index in [-0.39, 0.29) is 16.8 Å². The fraction of sp³-hybridized carbons (Fsp3) is 0.238. The normalized spacial score (nSPS) is 12.6. The van der Waals surface area contributed by atoms with Crippen molar-refractivity contribution >= 4 is 15.9 Å². The molecule has 0 bridgehead atoms. The van der Waals surface area contributed by atoms with Crippen molar-refractivity contribution in [3.8, 4) is 5.69 Å². The summed E-state index contributed by atoms with van der Waals surface area (Å²) in [4.78, 5) is 14.7. The van der Waals surface area contributed by atoms with Crippen LogP contribution in [0.4, 0.5) is 0 Å². The maximum Gasteiger partial charge on any atom is 0.257 e. The number of carbonyl (C=O) groups is 1. The van der Waals surface area contributed by atoms with Crippen molar-refractivity contribution < 1.29 is 13.2 Å². The van der Waals surface area contributed by atoms with Crippen molar-refractivity contribution in [2.24, 2.45) is 5.14 Å². The summed E-state index contributed by atoms with van der Waals surface area (Å²) in [5.74, 6) is -0.198. The van der Waals surface area contributed by atoms with E-state index in [0.717, 1.165) is 16.9 Å². The first-order valence-electron chi connectivity index (χ1n) is 9.12. The Morgan fingerprint density at radius 3 is 2.48 bits per heavy atom. The summed E-state index contributed by atoms with van der Waals surface area (Å²) in [7, 11) is -2.13. The van der Waals surface area contributed by atoms with Crippen LogP contribution in [0.2, 0.25) is 0 Å². The molecule has 2 aromatic carbocycles. The molecule has 1 amide bonds. The molecule has 0 radical (unpaired) electrons. The Kier molecular flexibility index (Phi) is 5.59. The number of carbonyl (C=O) groups excluding carboxylic acids is 1. The van der Waals surface area contributed by atoms with E-state index in [9.17, 15) is 13.2 Å². The number of hydrogen-bond acceptors (Lipinski definition) is 4. The number of amides is 1. The van der Waals surface area contributed by atoms with Gasteiger partial charge in [-0.15, -0.1) is 0 Å². The highest BCUT2D eigenvalue weighted by molar-refractivity contribution is 7.89. The van der Waals surface area contributed by atoms with Gasteiger partial charge < -0.3 is 4.90 Å². The first-order valence-corrected chi connectivity index (χ1v) is 10.7. The van der Waals surface area contributed by atoms with Crippen LogP contribution in [0.25, 0.3) is 5.69 Å². The van der Waals surface area contributed by atoms with Crippen LogP contribution in [0.5, 0.6) is 0 Å². The minimum atomic E-state index is -3.81. The molecule has 3 aromatic rings. The van der Waals surface area contributed by atoms with E-state index in [4.69, 9.17) is 5.14 Å². The number of aryl methyl sites for hydroxylation is 1. The Labute approximate surface area is 170 Å². The van der Waals surface area contributed by atoms with Crippen molar-refractivity contribution in [1.29, 1.82) is 0 Å². The molecule has 0 aliphatic rings. The summed E-state index contributed by atoms with van der Waals surface area (Å²) in [5, 5.41) is 9.63. The van der Waals surface area contributed by atoms with Gasteiger partial charge in [0.2, 0.25) is 10.0 Å². The van der Waals surface area contributed by atoms with Gasteiger partial charge in [0.1, 0.15) is 0 Å². The molecule has 1 aromatic heterocycles.